The van der Waals surface area contributed by atoms with Crippen molar-refractivity contribution < 1.29 is 14.5 Å². The first-order valence-corrected chi connectivity index (χ1v) is 7.03. The van der Waals surface area contributed by atoms with Crippen molar-refractivity contribution in [1.82, 2.24) is 4.90 Å². The zero-order valence-electron chi connectivity index (χ0n) is 10.8. The number of nitrogens with one attached hydrogen (secondary N) is 1. The van der Waals surface area contributed by atoms with Gasteiger partial charge in [0.25, 0.3) is 5.69 Å². The van der Waals surface area contributed by atoms with E-state index in [9.17, 15) is 19.7 Å². The van der Waals surface area contributed by atoms with Gasteiger partial charge >= 0.3 is 0 Å². The highest BCUT2D eigenvalue weighted by molar-refractivity contribution is 8.00. The van der Waals surface area contributed by atoms with E-state index in [4.69, 9.17) is 0 Å². The number of hydrogen-bond donors (Lipinski definition) is 1. The topological polar surface area (TPSA) is 92.6 Å². The number of nitro benzene ring substituents is 1. The van der Waals surface area contributed by atoms with Crippen molar-refractivity contribution in [2.75, 3.05) is 23.5 Å². The molecule has 1 aromatic rings. The summed E-state index contributed by atoms with van der Waals surface area (Å²) in [6.07, 6.45) is 0. The summed E-state index contributed by atoms with van der Waals surface area (Å²) in [5.41, 5.74) is 0.835. The van der Waals surface area contributed by atoms with Crippen molar-refractivity contribution in [2.24, 2.45) is 0 Å². The van der Waals surface area contributed by atoms with E-state index in [0.29, 0.717) is 22.9 Å². The number of aryl methyl sites for hydroxylation is 1. The second-order valence-electron chi connectivity index (χ2n) is 4.38. The van der Waals surface area contributed by atoms with Gasteiger partial charge in [-0.2, -0.15) is 0 Å². The van der Waals surface area contributed by atoms with E-state index in [2.05, 4.69) is 5.32 Å². The van der Waals surface area contributed by atoms with Gasteiger partial charge in [-0.25, -0.2) is 0 Å². The molecular weight excluding hydrogens is 282 g/mol. The molecule has 2 rings (SSSR count). The number of nitro groups is 1. The van der Waals surface area contributed by atoms with E-state index in [1.165, 1.54) is 22.7 Å². The largest absolute Gasteiger partial charge is 0.324 e. The van der Waals surface area contributed by atoms with Crippen LogP contribution in [-0.2, 0) is 9.59 Å². The van der Waals surface area contributed by atoms with Crippen LogP contribution in [-0.4, -0.2) is 39.8 Å². The Bertz CT molecular complexity index is 576. The molecule has 8 heteroatoms. The Morgan fingerprint density at radius 1 is 1.55 bits per heavy atom. The SMILES string of the molecule is Cc1ccc(NC(=O)CN2CSCC2=O)cc1[N+](=O)[O-]. The highest BCUT2D eigenvalue weighted by atomic mass is 32.2. The Morgan fingerprint density at radius 3 is 2.90 bits per heavy atom. The molecule has 0 unspecified atom stereocenters. The molecule has 1 saturated heterocycles. The van der Waals surface area contributed by atoms with Gasteiger partial charge in [-0.15, -0.1) is 11.8 Å². The van der Waals surface area contributed by atoms with Crippen LogP contribution in [0, 0.1) is 17.0 Å². The summed E-state index contributed by atoms with van der Waals surface area (Å²) in [7, 11) is 0. The van der Waals surface area contributed by atoms with Crippen molar-refractivity contribution in [3.8, 4) is 0 Å². The van der Waals surface area contributed by atoms with Gasteiger partial charge in [0.2, 0.25) is 11.8 Å². The number of rotatable bonds is 4. The lowest BCUT2D eigenvalue weighted by Crippen LogP contribution is -2.34. The Morgan fingerprint density at radius 2 is 2.30 bits per heavy atom. The highest BCUT2D eigenvalue weighted by Crippen LogP contribution is 2.22. The fraction of sp³-hybridized carbons (Fsp3) is 0.333. The van der Waals surface area contributed by atoms with Crippen molar-refractivity contribution in [1.29, 1.82) is 0 Å². The zero-order chi connectivity index (χ0) is 14.7. The number of nitrogens with zero attached hydrogens (tertiary/aromatic N) is 2. The minimum atomic E-state index is -0.494. The van der Waals surface area contributed by atoms with Gasteiger partial charge in [0.05, 0.1) is 16.6 Å². The maximum absolute atomic E-state index is 11.8. The number of anilines is 1. The Labute approximate surface area is 119 Å². The van der Waals surface area contributed by atoms with E-state index in [1.807, 2.05) is 0 Å². The van der Waals surface area contributed by atoms with Crippen LogP contribution >= 0.6 is 11.8 Å². The van der Waals surface area contributed by atoms with Gasteiger partial charge in [-0.3, -0.25) is 19.7 Å². The second-order valence-corrected chi connectivity index (χ2v) is 5.33. The molecule has 0 bridgehead atoms. The number of benzene rings is 1. The predicted octanol–water partition coefficient (Wildman–Crippen LogP) is 1.37. The van der Waals surface area contributed by atoms with Gasteiger partial charge < -0.3 is 10.2 Å². The molecule has 1 fully saturated rings. The summed E-state index contributed by atoms with van der Waals surface area (Å²) < 4.78 is 0. The molecule has 7 nitrogen and oxygen atoms in total. The molecule has 2 amide bonds. The van der Waals surface area contributed by atoms with Gasteiger partial charge in [0.15, 0.2) is 0 Å². The van der Waals surface area contributed by atoms with E-state index in [1.54, 1.807) is 19.1 Å². The molecule has 0 atom stereocenters. The normalized spacial score (nSPS) is 14.4. The van der Waals surface area contributed by atoms with E-state index in [0.717, 1.165) is 0 Å². The van der Waals surface area contributed by atoms with Gasteiger partial charge in [-0.1, -0.05) is 6.07 Å². The van der Waals surface area contributed by atoms with Crippen LogP contribution in [0.1, 0.15) is 5.56 Å². The zero-order valence-corrected chi connectivity index (χ0v) is 11.6. The lowest BCUT2D eigenvalue weighted by Gasteiger charge is -2.14. The highest BCUT2D eigenvalue weighted by Gasteiger charge is 2.23. The molecule has 1 aromatic carbocycles. The molecule has 0 aromatic heterocycles. The van der Waals surface area contributed by atoms with Crippen molar-refractivity contribution >= 4 is 35.0 Å². The number of hydrogen-bond acceptors (Lipinski definition) is 5. The Balaban J connectivity index is 2.02. The fourth-order valence-corrected chi connectivity index (χ4v) is 2.70. The van der Waals surface area contributed by atoms with Gasteiger partial charge in [0, 0.05) is 17.3 Å². The first-order chi connectivity index (χ1) is 9.47. The van der Waals surface area contributed by atoms with Crippen molar-refractivity contribution in [3.63, 3.8) is 0 Å². The van der Waals surface area contributed by atoms with Crippen molar-refractivity contribution in [2.45, 2.75) is 6.92 Å². The van der Waals surface area contributed by atoms with Crippen LogP contribution in [0.15, 0.2) is 18.2 Å². The van der Waals surface area contributed by atoms with Crippen LogP contribution in [0.2, 0.25) is 0 Å². The summed E-state index contributed by atoms with van der Waals surface area (Å²) in [6, 6.07) is 4.49. The molecule has 1 aliphatic rings. The average molecular weight is 295 g/mol. The first-order valence-electron chi connectivity index (χ1n) is 5.88. The first kappa shape index (κ1) is 14.3. The van der Waals surface area contributed by atoms with Crippen LogP contribution in [0.4, 0.5) is 11.4 Å². The summed E-state index contributed by atoms with van der Waals surface area (Å²) in [5, 5.41) is 13.4. The molecular formula is C12H13N3O4S. The predicted molar refractivity (Wildman–Crippen MR) is 75.5 cm³/mol. The number of amides is 2. The maximum Gasteiger partial charge on any atom is 0.274 e. The third kappa shape index (κ3) is 3.27. The van der Waals surface area contributed by atoms with E-state index >= 15 is 0 Å². The second kappa shape index (κ2) is 5.91. The van der Waals surface area contributed by atoms with Crippen molar-refractivity contribution in [3.05, 3.63) is 33.9 Å². The van der Waals surface area contributed by atoms with E-state index < -0.39 is 4.92 Å². The summed E-state index contributed by atoms with van der Waals surface area (Å²) in [6.45, 7) is 1.59. The number of carbonyl (C=O) groups is 2. The summed E-state index contributed by atoms with van der Waals surface area (Å²) in [5.74, 6) is 0.461. The van der Waals surface area contributed by atoms with Gasteiger partial charge in [0.1, 0.15) is 6.54 Å². The number of carbonyl (C=O) groups excluding carboxylic acids is 2. The molecule has 0 spiro atoms. The third-order valence-corrected chi connectivity index (χ3v) is 3.79. The quantitative estimate of drug-likeness (QED) is 0.669. The minimum absolute atomic E-state index is 0.0342. The number of thioether (sulfide) groups is 1. The minimum Gasteiger partial charge on any atom is -0.324 e. The molecule has 20 heavy (non-hydrogen) atoms. The average Bonchev–Trinajstić information content (AvgIpc) is 2.77. The monoisotopic (exact) mass is 295 g/mol. The molecule has 1 heterocycles. The van der Waals surface area contributed by atoms with Crippen LogP contribution in [0.3, 0.4) is 0 Å². The summed E-state index contributed by atoms with van der Waals surface area (Å²) in [4.78, 5) is 35.0. The molecule has 0 saturated carbocycles. The molecule has 0 aliphatic carbocycles. The Kier molecular flexibility index (Phi) is 4.23. The molecule has 0 radical (unpaired) electrons. The van der Waals surface area contributed by atoms with E-state index in [-0.39, 0.29) is 24.0 Å². The Hall–Kier alpha value is -2.09. The smallest absolute Gasteiger partial charge is 0.274 e. The molecule has 1 N–H and O–H groups in total. The third-order valence-electron chi connectivity index (χ3n) is 2.85. The lowest BCUT2D eigenvalue weighted by molar-refractivity contribution is -0.385. The standard InChI is InChI=1S/C12H13N3O4S/c1-8-2-3-9(4-10(8)15(18)19)13-11(16)5-14-7-20-6-12(14)17/h2-4H,5-7H2,1H3,(H,13,16). The fourth-order valence-electron chi connectivity index (χ4n) is 1.80. The van der Waals surface area contributed by atoms with Crippen LogP contribution < -0.4 is 5.32 Å². The van der Waals surface area contributed by atoms with Crippen LogP contribution in [0.25, 0.3) is 0 Å². The molecule has 1 aliphatic heterocycles. The van der Waals surface area contributed by atoms with Gasteiger partial charge in [-0.05, 0) is 13.0 Å². The maximum atomic E-state index is 11.8. The molecule has 106 valence electrons. The lowest BCUT2D eigenvalue weighted by atomic mass is 10.2. The summed E-state index contributed by atoms with van der Waals surface area (Å²) >= 11 is 1.45. The van der Waals surface area contributed by atoms with Crippen LogP contribution in [0.5, 0.6) is 0 Å².